The summed E-state index contributed by atoms with van der Waals surface area (Å²) in [7, 11) is 1.54. The van der Waals surface area contributed by atoms with Gasteiger partial charge in [0, 0.05) is 18.5 Å². The lowest BCUT2D eigenvalue weighted by Crippen LogP contribution is -2.31. The van der Waals surface area contributed by atoms with Crippen molar-refractivity contribution < 1.29 is 14.6 Å². The van der Waals surface area contributed by atoms with Crippen molar-refractivity contribution in [2.75, 3.05) is 20.3 Å². The Morgan fingerprint density at radius 3 is 3.00 bits per heavy atom. The predicted octanol–water partition coefficient (Wildman–Crippen LogP) is 1.37. The summed E-state index contributed by atoms with van der Waals surface area (Å²) < 4.78 is 4.81. The Balaban J connectivity index is 2.25. The molecule has 0 aliphatic carbocycles. The molecule has 96 valence electrons. The van der Waals surface area contributed by atoms with E-state index in [2.05, 4.69) is 5.32 Å². The van der Waals surface area contributed by atoms with Crippen molar-refractivity contribution in [3.8, 4) is 0 Å². The van der Waals surface area contributed by atoms with Crippen molar-refractivity contribution in [2.45, 2.75) is 25.4 Å². The van der Waals surface area contributed by atoms with E-state index in [1.807, 2.05) is 24.4 Å². The van der Waals surface area contributed by atoms with E-state index in [1.165, 1.54) is 0 Å². The fraction of sp³-hybridized carbons (Fsp3) is 0.583. The molecule has 0 aromatic carbocycles. The lowest BCUT2D eigenvalue weighted by Gasteiger charge is -2.12. The van der Waals surface area contributed by atoms with Crippen LogP contribution in [0.25, 0.3) is 0 Å². The number of thiophene rings is 1. The summed E-state index contributed by atoms with van der Waals surface area (Å²) in [6.45, 7) is 2.65. The number of hydrogen-bond acceptors (Lipinski definition) is 4. The maximum Gasteiger partial charge on any atom is 0.228 e. The Morgan fingerprint density at radius 1 is 1.65 bits per heavy atom. The molecule has 2 atom stereocenters. The average Bonchev–Trinajstić information content (AvgIpc) is 2.81. The third-order valence-electron chi connectivity index (χ3n) is 2.50. The van der Waals surface area contributed by atoms with Gasteiger partial charge in [-0.3, -0.25) is 4.79 Å². The van der Waals surface area contributed by atoms with Crippen LogP contribution >= 0.6 is 11.3 Å². The molecule has 1 aromatic rings. The second-order valence-electron chi connectivity index (χ2n) is 3.93. The molecule has 1 heterocycles. The molecule has 1 amide bonds. The molecule has 0 radical (unpaired) electrons. The molecule has 17 heavy (non-hydrogen) atoms. The summed E-state index contributed by atoms with van der Waals surface area (Å²) in [6.07, 6.45) is -0.00569. The summed E-state index contributed by atoms with van der Waals surface area (Å²) >= 11 is 1.58. The van der Waals surface area contributed by atoms with E-state index in [4.69, 9.17) is 4.74 Å². The van der Waals surface area contributed by atoms with Gasteiger partial charge in [0.05, 0.1) is 18.6 Å². The van der Waals surface area contributed by atoms with Crippen molar-refractivity contribution in [1.29, 1.82) is 0 Å². The van der Waals surface area contributed by atoms with Gasteiger partial charge in [-0.15, -0.1) is 11.3 Å². The number of amides is 1. The molecular formula is C12H19NO3S. The van der Waals surface area contributed by atoms with Gasteiger partial charge in [0.2, 0.25) is 5.91 Å². The number of carbonyl (C=O) groups is 1. The number of methoxy groups -OCH3 is 1. The van der Waals surface area contributed by atoms with Gasteiger partial charge in [0.1, 0.15) is 0 Å². The minimum atomic E-state index is -0.516. The summed E-state index contributed by atoms with van der Waals surface area (Å²) in [5, 5.41) is 14.2. The second kappa shape index (κ2) is 7.42. The minimum absolute atomic E-state index is 0.00272. The molecule has 2 N–H and O–H groups in total. The maximum absolute atomic E-state index is 11.8. The Kier molecular flexibility index (Phi) is 6.18. The SMILES string of the molecule is COCC(O)CCNC(=O)C(C)c1cccs1. The molecule has 2 unspecified atom stereocenters. The highest BCUT2D eigenvalue weighted by atomic mass is 32.1. The van der Waals surface area contributed by atoms with E-state index < -0.39 is 6.10 Å². The van der Waals surface area contributed by atoms with Crippen LogP contribution in [0.1, 0.15) is 24.1 Å². The van der Waals surface area contributed by atoms with Crippen LogP contribution < -0.4 is 5.32 Å². The number of nitrogens with one attached hydrogen (secondary N) is 1. The highest BCUT2D eigenvalue weighted by molar-refractivity contribution is 7.10. The zero-order valence-electron chi connectivity index (χ0n) is 10.2. The highest BCUT2D eigenvalue weighted by Gasteiger charge is 2.15. The molecule has 5 heteroatoms. The van der Waals surface area contributed by atoms with Crippen LogP contribution in [0.15, 0.2) is 17.5 Å². The van der Waals surface area contributed by atoms with E-state index >= 15 is 0 Å². The molecule has 0 aliphatic rings. The average molecular weight is 257 g/mol. The summed E-state index contributed by atoms with van der Waals surface area (Å²) in [6, 6.07) is 3.89. The van der Waals surface area contributed by atoms with Crippen LogP contribution in [0.4, 0.5) is 0 Å². The molecule has 0 fully saturated rings. The quantitative estimate of drug-likeness (QED) is 0.775. The molecule has 4 nitrogen and oxygen atoms in total. The topological polar surface area (TPSA) is 58.6 Å². The number of aliphatic hydroxyl groups is 1. The van der Waals surface area contributed by atoms with Crippen LogP contribution in [-0.4, -0.2) is 37.4 Å². The first-order chi connectivity index (χ1) is 8.15. The van der Waals surface area contributed by atoms with Crippen molar-refractivity contribution >= 4 is 17.2 Å². The van der Waals surface area contributed by atoms with Gasteiger partial charge in [-0.2, -0.15) is 0 Å². The van der Waals surface area contributed by atoms with Crippen LogP contribution in [0.3, 0.4) is 0 Å². The van der Waals surface area contributed by atoms with Gasteiger partial charge in [-0.25, -0.2) is 0 Å². The smallest absolute Gasteiger partial charge is 0.228 e. The number of hydrogen-bond donors (Lipinski definition) is 2. The van der Waals surface area contributed by atoms with Gasteiger partial charge in [0.25, 0.3) is 0 Å². The Hall–Kier alpha value is -0.910. The van der Waals surface area contributed by atoms with Crippen molar-refractivity contribution in [3.63, 3.8) is 0 Å². The third-order valence-corrected chi connectivity index (χ3v) is 3.55. The monoisotopic (exact) mass is 257 g/mol. The number of aliphatic hydroxyl groups excluding tert-OH is 1. The van der Waals surface area contributed by atoms with Crippen molar-refractivity contribution in [3.05, 3.63) is 22.4 Å². The van der Waals surface area contributed by atoms with Crippen LogP contribution in [0.5, 0.6) is 0 Å². The normalized spacial score (nSPS) is 14.3. The summed E-state index contributed by atoms with van der Waals surface area (Å²) in [5.41, 5.74) is 0. The van der Waals surface area contributed by atoms with Gasteiger partial charge in [-0.05, 0) is 24.8 Å². The molecule has 0 saturated carbocycles. The summed E-state index contributed by atoms with van der Waals surface area (Å²) in [5.74, 6) is -0.133. The van der Waals surface area contributed by atoms with Gasteiger partial charge in [-0.1, -0.05) is 6.07 Å². The number of carbonyl (C=O) groups excluding carboxylic acids is 1. The summed E-state index contributed by atoms with van der Waals surface area (Å²) in [4.78, 5) is 12.8. The Bertz CT molecular complexity index is 327. The molecule has 1 rings (SSSR count). The molecular weight excluding hydrogens is 238 g/mol. The van der Waals surface area contributed by atoms with Gasteiger partial charge in [0.15, 0.2) is 0 Å². The first kappa shape index (κ1) is 14.2. The van der Waals surface area contributed by atoms with Crippen molar-refractivity contribution in [2.24, 2.45) is 0 Å². The first-order valence-corrected chi connectivity index (χ1v) is 6.51. The molecule has 0 aliphatic heterocycles. The Labute approximate surface area is 106 Å². The maximum atomic E-state index is 11.8. The predicted molar refractivity (Wildman–Crippen MR) is 68.2 cm³/mol. The van der Waals surface area contributed by atoms with E-state index in [1.54, 1.807) is 18.4 Å². The van der Waals surface area contributed by atoms with E-state index in [0.29, 0.717) is 19.6 Å². The van der Waals surface area contributed by atoms with E-state index in [9.17, 15) is 9.90 Å². The third kappa shape index (κ3) is 4.85. The number of rotatable bonds is 7. The standard InChI is InChI=1S/C12H19NO3S/c1-9(11-4-3-7-17-11)12(15)13-6-5-10(14)8-16-2/h3-4,7,9-10,14H,5-6,8H2,1-2H3,(H,13,15). The van der Waals surface area contributed by atoms with Crippen LogP contribution in [0.2, 0.25) is 0 Å². The van der Waals surface area contributed by atoms with Crippen molar-refractivity contribution in [1.82, 2.24) is 5.32 Å². The molecule has 0 spiro atoms. The zero-order valence-corrected chi connectivity index (χ0v) is 11.0. The zero-order chi connectivity index (χ0) is 12.7. The first-order valence-electron chi connectivity index (χ1n) is 5.63. The highest BCUT2D eigenvalue weighted by Crippen LogP contribution is 2.20. The fourth-order valence-corrected chi connectivity index (χ4v) is 2.24. The number of ether oxygens (including phenoxy) is 1. The Morgan fingerprint density at radius 2 is 2.41 bits per heavy atom. The van der Waals surface area contributed by atoms with Crippen LogP contribution in [0, 0.1) is 0 Å². The fourth-order valence-electron chi connectivity index (χ4n) is 1.46. The van der Waals surface area contributed by atoms with E-state index in [0.717, 1.165) is 4.88 Å². The molecule has 0 bridgehead atoms. The lowest BCUT2D eigenvalue weighted by molar-refractivity contribution is -0.122. The van der Waals surface area contributed by atoms with Crippen LogP contribution in [-0.2, 0) is 9.53 Å². The van der Waals surface area contributed by atoms with E-state index in [-0.39, 0.29) is 11.8 Å². The molecule has 1 aromatic heterocycles. The van der Waals surface area contributed by atoms with Gasteiger partial charge >= 0.3 is 0 Å². The second-order valence-corrected chi connectivity index (χ2v) is 4.91. The molecule has 0 saturated heterocycles. The minimum Gasteiger partial charge on any atom is -0.391 e. The lowest BCUT2D eigenvalue weighted by atomic mass is 10.1. The largest absolute Gasteiger partial charge is 0.391 e. The van der Waals surface area contributed by atoms with Gasteiger partial charge < -0.3 is 15.2 Å².